The van der Waals surface area contributed by atoms with Crippen LogP contribution in [0.1, 0.15) is 20.8 Å². The molecule has 86 valence electrons. The lowest BCUT2D eigenvalue weighted by Gasteiger charge is -2.35. The van der Waals surface area contributed by atoms with Gasteiger partial charge in [-0.15, -0.1) is 0 Å². The van der Waals surface area contributed by atoms with Crippen LogP contribution in [0.2, 0.25) is 0 Å². The Hall–Kier alpha value is -1.58. The summed E-state index contributed by atoms with van der Waals surface area (Å²) < 4.78 is 0. The zero-order valence-electron chi connectivity index (χ0n) is 10.2. The van der Waals surface area contributed by atoms with Crippen LogP contribution >= 0.6 is 0 Å². The second-order valence-electron chi connectivity index (χ2n) is 4.82. The molecular formula is C12H17N3O. The lowest BCUT2D eigenvalue weighted by atomic mass is 10.1. The molecule has 1 amide bonds. The van der Waals surface area contributed by atoms with E-state index in [-0.39, 0.29) is 11.4 Å². The number of guanidine groups is 1. The zero-order valence-corrected chi connectivity index (χ0v) is 10.2. The van der Waals surface area contributed by atoms with E-state index < -0.39 is 0 Å². The first-order valence-corrected chi connectivity index (χ1v) is 5.38. The molecule has 0 spiro atoms. The maximum absolute atomic E-state index is 12.0. The summed E-state index contributed by atoms with van der Waals surface area (Å²) in [6.07, 6.45) is 1.81. The molecule has 0 aliphatic carbocycles. The van der Waals surface area contributed by atoms with E-state index in [1.807, 2.05) is 17.9 Å². The van der Waals surface area contributed by atoms with Gasteiger partial charge in [0, 0.05) is 12.7 Å². The molecule has 4 heteroatoms. The molecule has 1 fully saturated rings. The second-order valence-corrected chi connectivity index (χ2v) is 4.82. The van der Waals surface area contributed by atoms with Gasteiger partial charge in [-0.05, 0) is 20.8 Å². The molecule has 0 bridgehead atoms. The third kappa shape index (κ3) is 1.37. The first kappa shape index (κ1) is 10.9. The van der Waals surface area contributed by atoms with Gasteiger partial charge < -0.3 is 4.90 Å². The fourth-order valence-corrected chi connectivity index (χ4v) is 2.13. The molecule has 4 nitrogen and oxygen atoms in total. The van der Waals surface area contributed by atoms with Gasteiger partial charge in [-0.25, -0.2) is 4.99 Å². The fourth-order valence-electron chi connectivity index (χ4n) is 2.13. The van der Waals surface area contributed by atoms with E-state index in [1.54, 1.807) is 11.9 Å². The van der Waals surface area contributed by atoms with Crippen LogP contribution in [-0.4, -0.2) is 40.8 Å². The summed E-state index contributed by atoms with van der Waals surface area (Å²) in [6, 6.07) is 0. The molecule has 2 heterocycles. The van der Waals surface area contributed by atoms with Crippen LogP contribution in [-0.2, 0) is 4.79 Å². The predicted molar refractivity (Wildman–Crippen MR) is 63.9 cm³/mol. The first-order valence-electron chi connectivity index (χ1n) is 5.38. The minimum Gasteiger partial charge on any atom is -0.310 e. The Bertz CT molecular complexity index is 432. The van der Waals surface area contributed by atoms with Gasteiger partial charge in [0.05, 0.1) is 17.7 Å². The molecule has 2 aliphatic heterocycles. The summed E-state index contributed by atoms with van der Waals surface area (Å²) in [5, 5.41) is 0. The second kappa shape index (κ2) is 3.20. The molecular weight excluding hydrogens is 202 g/mol. The van der Waals surface area contributed by atoms with Crippen molar-refractivity contribution >= 4 is 11.9 Å². The number of hydrogen-bond acceptors (Lipinski definition) is 3. The normalized spacial score (nSPS) is 26.2. The predicted octanol–water partition coefficient (Wildman–Crippen LogP) is 1.37. The van der Waals surface area contributed by atoms with Gasteiger partial charge in [0.15, 0.2) is 0 Å². The quantitative estimate of drug-likeness (QED) is 0.577. The monoisotopic (exact) mass is 219 g/mol. The van der Waals surface area contributed by atoms with Gasteiger partial charge in [0.1, 0.15) is 0 Å². The third-order valence-electron chi connectivity index (χ3n) is 2.95. The number of rotatable bonds is 0. The van der Waals surface area contributed by atoms with Gasteiger partial charge in [0.2, 0.25) is 5.96 Å². The number of hydrogen-bond donors (Lipinski definition) is 0. The largest absolute Gasteiger partial charge is 0.310 e. The Balaban J connectivity index is 2.48. The standard InChI is InChI=1S/C12H17N3O/c1-6-9-8(2)15-7-12(3,4)13-11(15)14(5)10(9)16/h6H,2,7H2,1,3-5H3. The summed E-state index contributed by atoms with van der Waals surface area (Å²) in [7, 11) is 1.76. The van der Waals surface area contributed by atoms with Gasteiger partial charge in [-0.1, -0.05) is 12.7 Å². The Labute approximate surface area is 95.9 Å². The molecule has 0 N–H and O–H groups in total. The zero-order chi connectivity index (χ0) is 12.1. The number of allylic oxidation sites excluding steroid dienone is 1. The van der Waals surface area contributed by atoms with Crippen LogP contribution < -0.4 is 0 Å². The van der Waals surface area contributed by atoms with E-state index in [1.165, 1.54) is 0 Å². The SMILES string of the molecule is C=C1C(=CC)C(=O)N(C)C2=NC(C)(C)CN12. The summed E-state index contributed by atoms with van der Waals surface area (Å²) in [6.45, 7) is 10.7. The Morgan fingerprint density at radius 3 is 2.69 bits per heavy atom. The van der Waals surface area contributed by atoms with Crippen molar-refractivity contribution in [1.82, 2.24) is 9.80 Å². The van der Waals surface area contributed by atoms with Crippen LogP contribution in [0.15, 0.2) is 28.9 Å². The summed E-state index contributed by atoms with van der Waals surface area (Å²) >= 11 is 0. The number of amides is 1. The number of nitrogens with zero attached hydrogens (tertiary/aromatic N) is 3. The minimum absolute atomic E-state index is 0.0276. The number of carbonyl (C=O) groups is 1. The summed E-state index contributed by atoms with van der Waals surface area (Å²) in [4.78, 5) is 20.2. The number of aliphatic imine (C=N–C) groups is 1. The van der Waals surface area contributed by atoms with Gasteiger partial charge in [-0.2, -0.15) is 0 Å². The minimum atomic E-state index is -0.157. The molecule has 16 heavy (non-hydrogen) atoms. The maximum Gasteiger partial charge on any atom is 0.262 e. The Morgan fingerprint density at radius 2 is 2.12 bits per heavy atom. The van der Waals surface area contributed by atoms with Crippen LogP contribution in [0.3, 0.4) is 0 Å². The van der Waals surface area contributed by atoms with E-state index in [4.69, 9.17) is 0 Å². The lowest BCUT2D eigenvalue weighted by Crippen LogP contribution is -2.49. The topological polar surface area (TPSA) is 35.9 Å². The highest BCUT2D eigenvalue weighted by atomic mass is 16.2. The molecule has 0 aromatic rings. The molecule has 0 aromatic heterocycles. The molecule has 0 aromatic carbocycles. The highest BCUT2D eigenvalue weighted by molar-refractivity contribution is 6.12. The highest BCUT2D eigenvalue weighted by Crippen LogP contribution is 2.31. The molecule has 2 rings (SSSR count). The van der Waals surface area contributed by atoms with E-state index >= 15 is 0 Å². The van der Waals surface area contributed by atoms with Crippen molar-refractivity contribution in [2.75, 3.05) is 13.6 Å². The Kier molecular flexibility index (Phi) is 2.19. The van der Waals surface area contributed by atoms with E-state index in [0.717, 1.165) is 12.2 Å². The fraction of sp³-hybridized carbons (Fsp3) is 0.500. The average molecular weight is 219 g/mol. The van der Waals surface area contributed by atoms with E-state index in [0.29, 0.717) is 11.5 Å². The average Bonchev–Trinajstić information content (AvgIpc) is 2.52. The first-order chi connectivity index (χ1) is 7.37. The number of fused-ring (bicyclic) bond motifs is 1. The van der Waals surface area contributed by atoms with Crippen molar-refractivity contribution in [3.63, 3.8) is 0 Å². The summed E-state index contributed by atoms with van der Waals surface area (Å²) in [5.74, 6) is 0.686. The third-order valence-corrected chi connectivity index (χ3v) is 2.95. The van der Waals surface area contributed by atoms with E-state index in [9.17, 15) is 4.79 Å². The van der Waals surface area contributed by atoms with Crippen LogP contribution in [0.4, 0.5) is 0 Å². The van der Waals surface area contributed by atoms with Crippen LogP contribution in [0.25, 0.3) is 0 Å². The number of likely N-dealkylation sites (N-methyl/N-ethyl adjacent to an activating group) is 1. The van der Waals surface area contributed by atoms with Crippen molar-refractivity contribution in [2.45, 2.75) is 26.3 Å². The lowest BCUT2D eigenvalue weighted by molar-refractivity contribution is -0.123. The van der Waals surface area contributed by atoms with Crippen molar-refractivity contribution < 1.29 is 4.79 Å². The van der Waals surface area contributed by atoms with Gasteiger partial charge in [0.25, 0.3) is 5.91 Å². The van der Waals surface area contributed by atoms with Crippen molar-refractivity contribution in [3.8, 4) is 0 Å². The van der Waals surface area contributed by atoms with Crippen LogP contribution in [0.5, 0.6) is 0 Å². The van der Waals surface area contributed by atoms with Gasteiger partial charge in [-0.3, -0.25) is 9.69 Å². The molecule has 1 saturated heterocycles. The van der Waals surface area contributed by atoms with Crippen LogP contribution in [0, 0.1) is 0 Å². The van der Waals surface area contributed by atoms with Crippen molar-refractivity contribution in [3.05, 3.63) is 23.9 Å². The molecule has 0 saturated carbocycles. The van der Waals surface area contributed by atoms with Crippen molar-refractivity contribution in [2.24, 2.45) is 4.99 Å². The highest BCUT2D eigenvalue weighted by Gasteiger charge is 2.41. The molecule has 0 radical (unpaired) electrons. The molecule has 2 aliphatic rings. The van der Waals surface area contributed by atoms with Crippen molar-refractivity contribution in [1.29, 1.82) is 0 Å². The number of carbonyl (C=O) groups excluding carboxylic acids is 1. The molecule has 0 unspecified atom stereocenters. The summed E-state index contributed by atoms with van der Waals surface area (Å²) in [5.41, 5.74) is 1.27. The maximum atomic E-state index is 12.0. The smallest absolute Gasteiger partial charge is 0.262 e. The van der Waals surface area contributed by atoms with E-state index in [2.05, 4.69) is 25.4 Å². The molecule has 0 atom stereocenters. The van der Waals surface area contributed by atoms with Gasteiger partial charge >= 0.3 is 0 Å². The Morgan fingerprint density at radius 1 is 1.50 bits per heavy atom.